The molecule has 2 aliphatic rings. The summed E-state index contributed by atoms with van der Waals surface area (Å²) in [5.74, 6) is 3.05. The molecule has 0 aromatic heterocycles. The second kappa shape index (κ2) is 12.7. The van der Waals surface area contributed by atoms with Crippen LogP contribution in [0.15, 0.2) is 48.0 Å². The summed E-state index contributed by atoms with van der Waals surface area (Å²) in [6.45, 7) is 10.0. The zero-order valence-corrected chi connectivity index (χ0v) is 23.6. The number of unbranched alkanes of at least 4 members (excludes halogenated alkanes) is 2. The average Bonchev–Trinajstić information content (AvgIpc) is 2.87. The van der Waals surface area contributed by atoms with Crippen molar-refractivity contribution in [2.45, 2.75) is 97.0 Å². The normalized spacial score (nSPS) is 19.5. The number of rotatable bonds is 12. The predicted octanol–water partition coefficient (Wildman–Crippen LogP) is 7.25. The summed E-state index contributed by atoms with van der Waals surface area (Å²) >= 11 is 0. The highest BCUT2D eigenvalue weighted by Crippen LogP contribution is 2.54. The van der Waals surface area contributed by atoms with E-state index in [1.54, 1.807) is 12.1 Å². The van der Waals surface area contributed by atoms with Crippen LogP contribution in [0, 0.1) is 5.92 Å². The second-order valence-electron chi connectivity index (χ2n) is 11.6. The molecule has 1 aliphatic carbocycles. The van der Waals surface area contributed by atoms with Crippen molar-refractivity contribution in [2.75, 3.05) is 13.2 Å². The first-order valence-corrected chi connectivity index (χ1v) is 14.5. The minimum absolute atomic E-state index is 0.0425. The number of phenols is 1. The molecule has 0 spiro atoms. The summed E-state index contributed by atoms with van der Waals surface area (Å²) in [6, 6.07) is 11.6. The minimum atomic E-state index is -0.216. The van der Waals surface area contributed by atoms with Crippen molar-refractivity contribution in [3.05, 3.63) is 64.7 Å². The Kier molecular flexibility index (Phi) is 9.40. The van der Waals surface area contributed by atoms with Crippen molar-refractivity contribution >= 4 is 5.91 Å². The molecule has 2 aromatic carbocycles. The van der Waals surface area contributed by atoms with Crippen LogP contribution in [0.1, 0.15) is 95.2 Å². The minimum Gasteiger partial charge on any atom is -0.508 e. The van der Waals surface area contributed by atoms with Gasteiger partial charge in [0, 0.05) is 30.4 Å². The van der Waals surface area contributed by atoms with Crippen LogP contribution in [0.3, 0.4) is 0 Å². The second-order valence-corrected chi connectivity index (χ2v) is 11.6. The van der Waals surface area contributed by atoms with E-state index < -0.39 is 0 Å². The van der Waals surface area contributed by atoms with E-state index in [1.807, 2.05) is 12.1 Å². The van der Waals surface area contributed by atoms with Crippen LogP contribution >= 0.6 is 0 Å². The molecular weight excluding hydrogens is 474 g/mol. The third kappa shape index (κ3) is 7.12. The van der Waals surface area contributed by atoms with E-state index in [0.29, 0.717) is 37.8 Å². The number of fused-ring (bicyclic) bond motifs is 3. The maximum atomic E-state index is 12.4. The summed E-state index contributed by atoms with van der Waals surface area (Å²) in [7, 11) is 0. The van der Waals surface area contributed by atoms with Crippen LogP contribution in [0.4, 0.5) is 0 Å². The Hall–Kier alpha value is -2.95. The number of aromatic hydroxyl groups is 1. The molecule has 0 saturated carbocycles. The fourth-order valence-electron chi connectivity index (χ4n) is 5.96. The molecule has 38 heavy (non-hydrogen) atoms. The molecule has 0 radical (unpaired) electrons. The SMILES string of the molecule is CCCCCc1cc(OCCCC(=O)NCCc2ccc(O)cc2)c2c(c1)OC(C)(C)C1CC=C(C)CC21. The Labute approximate surface area is 228 Å². The van der Waals surface area contributed by atoms with Crippen LogP contribution in [0.25, 0.3) is 0 Å². The smallest absolute Gasteiger partial charge is 0.220 e. The lowest BCUT2D eigenvalue weighted by molar-refractivity contribution is -0.121. The van der Waals surface area contributed by atoms with Gasteiger partial charge < -0.3 is 19.9 Å². The van der Waals surface area contributed by atoms with Crippen LogP contribution < -0.4 is 14.8 Å². The molecule has 0 saturated heterocycles. The number of phenolic OH excluding ortho intramolecular Hbond substituents is 1. The van der Waals surface area contributed by atoms with E-state index in [9.17, 15) is 9.90 Å². The molecule has 1 amide bonds. The number of aryl methyl sites for hydroxylation is 1. The zero-order valence-electron chi connectivity index (χ0n) is 23.6. The van der Waals surface area contributed by atoms with Gasteiger partial charge in [-0.25, -0.2) is 0 Å². The molecular formula is C33H45NO4. The molecule has 2 aromatic rings. The molecule has 1 aliphatic heterocycles. The average molecular weight is 520 g/mol. The first-order valence-electron chi connectivity index (χ1n) is 14.5. The van der Waals surface area contributed by atoms with E-state index in [4.69, 9.17) is 9.47 Å². The van der Waals surface area contributed by atoms with E-state index in [1.165, 1.54) is 29.5 Å². The number of allylic oxidation sites excluding steroid dienone is 2. The quantitative estimate of drug-likeness (QED) is 0.229. The first-order chi connectivity index (χ1) is 18.3. The van der Waals surface area contributed by atoms with Gasteiger partial charge in [0.05, 0.1) is 6.61 Å². The summed E-state index contributed by atoms with van der Waals surface area (Å²) in [5, 5.41) is 12.4. The Balaban J connectivity index is 1.39. The van der Waals surface area contributed by atoms with Crippen molar-refractivity contribution < 1.29 is 19.4 Å². The molecule has 1 heterocycles. The van der Waals surface area contributed by atoms with Gasteiger partial charge in [0.1, 0.15) is 22.8 Å². The fourth-order valence-corrected chi connectivity index (χ4v) is 5.96. The number of ether oxygens (including phenoxy) is 2. The molecule has 5 nitrogen and oxygen atoms in total. The third-order valence-corrected chi connectivity index (χ3v) is 8.10. The number of benzene rings is 2. The third-order valence-electron chi connectivity index (χ3n) is 8.10. The van der Waals surface area contributed by atoms with Crippen molar-refractivity contribution in [3.63, 3.8) is 0 Å². The molecule has 2 atom stereocenters. The van der Waals surface area contributed by atoms with Crippen molar-refractivity contribution in [2.24, 2.45) is 5.92 Å². The van der Waals surface area contributed by atoms with Crippen LogP contribution in [0.5, 0.6) is 17.2 Å². The van der Waals surface area contributed by atoms with Gasteiger partial charge in [-0.05, 0) is 94.7 Å². The standard InChI is InChI=1S/C33H45NO4/c1-5-6-7-9-25-21-29(32-27-20-23(2)11-16-28(27)33(3,4)38-30(32)22-25)37-19-8-10-31(36)34-18-17-24-12-14-26(35)15-13-24/h11-15,21-22,27-28,35H,5-10,16-20H2,1-4H3,(H,34,36). The molecule has 2 unspecified atom stereocenters. The number of amides is 1. The topological polar surface area (TPSA) is 67.8 Å². The molecule has 5 heteroatoms. The highest BCUT2D eigenvalue weighted by atomic mass is 16.5. The Morgan fingerprint density at radius 1 is 1.11 bits per heavy atom. The number of hydrogen-bond acceptors (Lipinski definition) is 4. The van der Waals surface area contributed by atoms with Crippen molar-refractivity contribution in [1.82, 2.24) is 5.32 Å². The van der Waals surface area contributed by atoms with Gasteiger partial charge in [-0.3, -0.25) is 4.79 Å². The molecule has 2 N–H and O–H groups in total. The highest BCUT2D eigenvalue weighted by molar-refractivity contribution is 5.75. The lowest BCUT2D eigenvalue weighted by atomic mass is 9.67. The Morgan fingerprint density at radius 3 is 2.66 bits per heavy atom. The maximum absolute atomic E-state index is 12.4. The lowest BCUT2D eigenvalue weighted by Gasteiger charge is -2.47. The fraction of sp³-hybridized carbons (Fsp3) is 0.545. The lowest BCUT2D eigenvalue weighted by Crippen LogP contribution is -2.45. The Bertz CT molecular complexity index is 1120. The van der Waals surface area contributed by atoms with Gasteiger partial charge in [0.25, 0.3) is 0 Å². The summed E-state index contributed by atoms with van der Waals surface area (Å²) < 4.78 is 13.1. The van der Waals surface area contributed by atoms with E-state index in [2.05, 4.69) is 51.2 Å². The molecule has 0 fully saturated rings. The largest absolute Gasteiger partial charge is 0.508 e. The van der Waals surface area contributed by atoms with Gasteiger partial charge in [-0.1, -0.05) is 43.5 Å². The number of carbonyl (C=O) groups excluding carboxylic acids is 1. The Morgan fingerprint density at radius 2 is 1.89 bits per heavy atom. The highest BCUT2D eigenvalue weighted by Gasteiger charge is 2.45. The van der Waals surface area contributed by atoms with E-state index >= 15 is 0 Å². The van der Waals surface area contributed by atoms with Gasteiger partial charge in [-0.2, -0.15) is 0 Å². The van der Waals surface area contributed by atoms with Gasteiger partial charge in [-0.15, -0.1) is 0 Å². The predicted molar refractivity (Wildman–Crippen MR) is 153 cm³/mol. The molecule has 206 valence electrons. The van der Waals surface area contributed by atoms with Crippen LogP contribution in [-0.4, -0.2) is 29.8 Å². The van der Waals surface area contributed by atoms with E-state index in [0.717, 1.165) is 49.2 Å². The summed E-state index contributed by atoms with van der Waals surface area (Å²) in [5.41, 5.74) is 4.81. The summed E-state index contributed by atoms with van der Waals surface area (Å²) in [6.07, 6.45) is 10.9. The first kappa shape index (κ1) is 28.1. The van der Waals surface area contributed by atoms with Gasteiger partial charge in [0.15, 0.2) is 0 Å². The summed E-state index contributed by atoms with van der Waals surface area (Å²) in [4.78, 5) is 12.4. The van der Waals surface area contributed by atoms with Gasteiger partial charge in [0.2, 0.25) is 5.91 Å². The van der Waals surface area contributed by atoms with Crippen LogP contribution in [0.2, 0.25) is 0 Å². The molecule has 4 rings (SSSR count). The zero-order chi connectivity index (χ0) is 27.1. The number of nitrogens with one attached hydrogen (secondary N) is 1. The maximum Gasteiger partial charge on any atom is 0.220 e. The molecule has 0 bridgehead atoms. The number of carbonyl (C=O) groups is 1. The number of hydrogen-bond donors (Lipinski definition) is 2. The van der Waals surface area contributed by atoms with Gasteiger partial charge >= 0.3 is 0 Å². The van der Waals surface area contributed by atoms with E-state index in [-0.39, 0.29) is 17.3 Å². The monoisotopic (exact) mass is 519 g/mol. The van der Waals surface area contributed by atoms with Crippen LogP contribution in [-0.2, 0) is 17.6 Å². The van der Waals surface area contributed by atoms with Crippen molar-refractivity contribution in [1.29, 1.82) is 0 Å². The van der Waals surface area contributed by atoms with Crippen molar-refractivity contribution in [3.8, 4) is 17.2 Å².